The van der Waals surface area contributed by atoms with Crippen molar-refractivity contribution in [3.8, 4) is 0 Å². The zero-order valence-electron chi connectivity index (χ0n) is 12.3. The molecule has 3 aliphatic rings. The van der Waals surface area contributed by atoms with Gasteiger partial charge in [0, 0.05) is 6.42 Å². The van der Waals surface area contributed by atoms with Crippen LogP contribution in [0.5, 0.6) is 0 Å². The molecule has 0 unspecified atom stereocenters. The summed E-state index contributed by atoms with van der Waals surface area (Å²) in [4.78, 5) is 11.8. The summed E-state index contributed by atoms with van der Waals surface area (Å²) in [6.45, 7) is 5.24. The Morgan fingerprint density at radius 2 is 2.05 bits per heavy atom. The number of ether oxygens (including phenoxy) is 1. The highest BCUT2D eigenvalue weighted by Gasteiger charge is 2.49. The van der Waals surface area contributed by atoms with Crippen molar-refractivity contribution < 1.29 is 9.53 Å². The van der Waals surface area contributed by atoms with Crippen LogP contribution >= 0.6 is 0 Å². The number of hydrogen-bond acceptors (Lipinski definition) is 2. The fourth-order valence-electron chi connectivity index (χ4n) is 3.47. The van der Waals surface area contributed by atoms with E-state index in [1.54, 1.807) is 12.1 Å². The van der Waals surface area contributed by atoms with Crippen molar-refractivity contribution in [2.45, 2.75) is 33.1 Å². The van der Waals surface area contributed by atoms with Crippen LogP contribution in [0, 0.1) is 17.3 Å². The van der Waals surface area contributed by atoms with Crippen LogP contribution in [0.2, 0.25) is 0 Å². The molecule has 4 rings (SSSR count). The second-order valence-electron chi connectivity index (χ2n) is 6.64. The number of carbonyl (C=O) groups excluding carboxylic acids is 1. The van der Waals surface area contributed by atoms with Gasteiger partial charge < -0.3 is 4.74 Å². The zero-order valence-corrected chi connectivity index (χ0v) is 12.3. The summed E-state index contributed by atoms with van der Waals surface area (Å²) in [6, 6.07) is 9.20. The van der Waals surface area contributed by atoms with Gasteiger partial charge in [-0.1, -0.05) is 43.7 Å². The molecule has 2 nitrogen and oxygen atoms in total. The van der Waals surface area contributed by atoms with E-state index in [2.05, 4.69) is 19.9 Å². The number of carbonyl (C=O) groups is 1. The second kappa shape index (κ2) is 5.08. The van der Waals surface area contributed by atoms with E-state index in [1.165, 1.54) is 18.4 Å². The predicted molar refractivity (Wildman–Crippen MR) is 79.4 cm³/mol. The van der Waals surface area contributed by atoms with E-state index in [4.69, 9.17) is 4.74 Å². The molecule has 2 atom stereocenters. The van der Waals surface area contributed by atoms with Crippen molar-refractivity contribution in [3.05, 3.63) is 47.5 Å². The Morgan fingerprint density at radius 3 is 2.65 bits per heavy atom. The van der Waals surface area contributed by atoms with Gasteiger partial charge in [-0.15, -0.1) is 0 Å². The molecule has 0 N–H and O–H groups in total. The minimum atomic E-state index is -0.215. The summed E-state index contributed by atoms with van der Waals surface area (Å²) in [5, 5.41) is 0. The van der Waals surface area contributed by atoms with Crippen molar-refractivity contribution in [2.75, 3.05) is 6.61 Å². The molecule has 1 fully saturated rings. The third-order valence-electron chi connectivity index (χ3n) is 5.16. The highest BCUT2D eigenvalue weighted by molar-refractivity contribution is 5.89. The Hall–Kier alpha value is -1.57. The van der Waals surface area contributed by atoms with Crippen LogP contribution in [0.3, 0.4) is 0 Å². The molecule has 0 spiro atoms. The van der Waals surface area contributed by atoms with Crippen molar-refractivity contribution in [1.29, 1.82) is 0 Å². The number of benzene rings is 1. The van der Waals surface area contributed by atoms with E-state index in [-0.39, 0.29) is 5.97 Å². The fraction of sp³-hybridized carbons (Fsp3) is 0.500. The molecule has 106 valence electrons. The van der Waals surface area contributed by atoms with Crippen LogP contribution in [-0.2, 0) is 4.74 Å². The van der Waals surface area contributed by atoms with Crippen molar-refractivity contribution in [1.82, 2.24) is 0 Å². The third kappa shape index (κ3) is 2.39. The molecule has 0 amide bonds. The average Bonchev–Trinajstić information content (AvgIpc) is 2.48. The SMILES string of the molecule is CC1(C)[C@H]2CC(CCOC(=O)c3ccccc3)=C[C@@H]1C2. The van der Waals surface area contributed by atoms with E-state index in [1.807, 2.05) is 18.2 Å². The molecule has 0 saturated heterocycles. The maximum absolute atomic E-state index is 11.8. The molecule has 0 heterocycles. The van der Waals surface area contributed by atoms with Gasteiger partial charge in [0.1, 0.15) is 0 Å². The molecule has 1 saturated carbocycles. The van der Waals surface area contributed by atoms with Crippen LogP contribution in [0.1, 0.15) is 43.5 Å². The van der Waals surface area contributed by atoms with Gasteiger partial charge in [0.05, 0.1) is 12.2 Å². The Morgan fingerprint density at radius 1 is 1.30 bits per heavy atom. The van der Waals surface area contributed by atoms with Crippen molar-refractivity contribution >= 4 is 5.97 Å². The Balaban J connectivity index is 1.49. The normalized spacial score (nSPS) is 26.4. The minimum Gasteiger partial charge on any atom is -0.462 e. The number of hydrogen-bond donors (Lipinski definition) is 0. The lowest BCUT2D eigenvalue weighted by atomic mass is 9.50. The number of fused-ring (bicyclic) bond motifs is 1. The molecule has 1 aromatic carbocycles. The molecule has 0 radical (unpaired) electrons. The maximum Gasteiger partial charge on any atom is 0.338 e. The van der Waals surface area contributed by atoms with Gasteiger partial charge in [0.25, 0.3) is 0 Å². The highest BCUT2D eigenvalue weighted by atomic mass is 16.5. The van der Waals surface area contributed by atoms with E-state index in [0.29, 0.717) is 17.6 Å². The predicted octanol–water partition coefficient (Wildman–Crippen LogP) is 4.23. The molecule has 3 aliphatic carbocycles. The Bertz CT molecular complexity index is 528. The lowest BCUT2D eigenvalue weighted by Crippen LogP contribution is -2.46. The van der Waals surface area contributed by atoms with E-state index in [0.717, 1.165) is 18.3 Å². The van der Waals surface area contributed by atoms with E-state index < -0.39 is 0 Å². The quantitative estimate of drug-likeness (QED) is 0.604. The summed E-state index contributed by atoms with van der Waals surface area (Å²) in [5.41, 5.74) is 2.60. The van der Waals surface area contributed by atoms with Crippen molar-refractivity contribution in [3.63, 3.8) is 0 Å². The molecule has 1 aromatic rings. The van der Waals surface area contributed by atoms with Gasteiger partial charge in [-0.05, 0) is 42.2 Å². The summed E-state index contributed by atoms with van der Waals surface area (Å²) >= 11 is 0. The number of allylic oxidation sites excluding steroid dienone is 1. The van der Waals surface area contributed by atoms with Crippen LogP contribution in [0.25, 0.3) is 0 Å². The molecular weight excluding hydrogens is 248 g/mol. The van der Waals surface area contributed by atoms with E-state index in [9.17, 15) is 4.79 Å². The van der Waals surface area contributed by atoms with Crippen LogP contribution in [0.15, 0.2) is 42.0 Å². The standard InChI is InChI=1S/C18H22O2/c1-18(2)15-10-13(11-16(18)12-15)8-9-20-17(19)14-6-4-3-5-7-14/h3-7,10,15-16H,8-9,11-12H2,1-2H3/t15-,16+/m1/s1. The van der Waals surface area contributed by atoms with E-state index >= 15 is 0 Å². The zero-order chi connectivity index (χ0) is 14.2. The smallest absolute Gasteiger partial charge is 0.338 e. The Kier molecular flexibility index (Phi) is 3.41. The molecular formula is C18H22O2. The topological polar surface area (TPSA) is 26.3 Å². The molecule has 0 aromatic heterocycles. The van der Waals surface area contributed by atoms with Crippen LogP contribution in [0.4, 0.5) is 0 Å². The summed E-state index contributed by atoms with van der Waals surface area (Å²) in [5.74, 6) is 1.35. The van der Waals surface area contributed by atoms with Gasteiger partial charge >= 0.3 is 5.97 Å². The lowest BCUT2D eigenvalue weighted by molar-refractivity contribution is -0.00278. The largest absolute Gasteiger partial charge is 0.462 e. The lowest BCUT2D eigenvalue weighted by Gasteiger charge is -2.55. The first-order chi connectivity index (χ1) is 9.57. The van der Waals surface area contributed by atoms with Gasteiger partial charge in [0.15, 0.2) is 0 Å². The van der Waals surface area contributed by atoms with Gasteiger partial charge in [0.2, 0.25) is 0 Å². The second-order valence-corrected chi connectivity index (χ2v) is 6.64. The molecule has 20 heavy (non-hydrogen) atoms. The number of rotatable bonds is 4. The van der Waals surface area contributed by atoms with Crippen molar-refractivity contribution in [2.24, 2.45) is 17.3 Å². The monoisotopic (exact) mass is 270 g/mol. The average molecular weight is 270 g/mol. The summed E-state index contributed by atoms with van der Waals surface area (Å²) in [6.07, 6.45) is 5.85. The first kappa shape index (κ1) is 13.4. The summed E-state index contributed by atoms with van der Waals surface area (Å²) < 4.78 is 5.35. The van der Waals surface area contributed by atoms with Gasteiger partial charge in [-0.2, -0.15) is 0 Å². The van der Waals surface area contributed by atoms with Crippen LogP contribution in [-0.4, -0.2) is 12.6 Å². The first-order valence-electron chi connectivity index (χ1n) is 7.49. The van der Waals surface area contributed by atoms with Gasteiger partial charge in [-0.3, -0.25) is 0 Å². The van der Waals surface area contributed by atoms with Gasteiger partial charge in [-0.25, -0.2) is 4.79 Å². The molecule has 0 aliphatic heterocycles. The first-order valence-corrected chi connectivity index (χ1v) is 7.49. The third-order valence-corrected chi connectivity index (χ3v) is 5.16. The fourth-order valence-corrected chi connectivity index (χ4v) is 3.47. The minimum absolute atomic E-state index is 0.215. The molecule has 2 heteroatoms. The highest BCUT2D eigenvalue weighted by Crippen LogP contribution is 2.58. The Labute approximate surface area is 120 Å². The maximum atomic E-state index is 11.8. The summed E-state index contributed by atoms with van der Waals surface area (Å²) in [7, 11) is 0. The number of esters is 1. The molecule has 2 bridgehead atoms. The van der Waals surface area contributed by atoms with Crippen LogP contribution < -0.4 is 0 Å².